The molecule has 30 heavy (non-hydrogen) atoms. The van der Waals surface area contributed by atoms with Crippen LogP contribution in [0.15, 0.2) is 36.4 Å². The fourth-order valence-corrected chi connectivity index (χ4v) is 2.54. The monoisotopic (exact) mass is 470 g/mol. The lowest BCUT2D eigenvalue weighted by Crippen LogP contribution is -2.06. The summed E-state index contributed by atoms with van der Waals surface area (Å²) >= 11 is 11.3. The van der Waals surface area contributed by atoms with Gasteiger partial charge in [0.1, 0.15) is 11.5 Å². The molecule has 0 heterocycles. The highest BCUT2D eigenvalue weighted by Crippen LogP contribution is 2.24. The fourth-order valence-electron chi connectivity index (χ4n) is 2.07. The topological polar surface area (TPSA) is 61.8 Å². The van der Waals surface area contributed by atoms with Crippen molar-refractivity contribution < 1.29 is 41.4 Å². The molecule has 2 aromatic rings. The van der Waals surface area contributed by atoms with Crippen LogP contribution in [0.1, 0.15) is 22.8 Å². The number of Topliss-reactive ketones (excluding diaryl/α,β-unsaturated/α-hetero) is 1. The van der Waals surface area contributed by atoms with Crippen molar-refractivity contribution in [1.82, 2.24) is 0 Å². The molecule has 0 unspecified atom stereocenters. The molecule has 0 spiro atoms. The molecule has 0 aliphatic heterocycles. The number of ketones is 1. The SMILES string of the molecule is CC(=O)c1cc(Cl)cc(OC(F)F)c1.COC(=O)Cc1cc(Cl)cc(OC(F)F)c1. The van der Waals surface area contributed by atoms with E-state index in [0.29, 0.717) is 5.56 Å². The van der Waals surface area contributed by atoms with Gasteiger partial charge in [0.05, 0.1) is 13.5 Å². The van der Waals surface area contributed by atoms with E-state index in [0.717, 1.165) is 0 Å². The largest absolute Gasteiger partial charge is 0.469 e. The van der Waals surface area contributed by atoms with Crippen LogP contribution in [0.3, 0.4) is 0 Å². The van der Waals surface area contributed by atoms with Gasteiger partial charge in [-0.2, -0.15) is 17.6 Å². The van der Waals surface area contributed by atoms with Crippen molar-refractivity contribution in [3.8, 4) is 11.5 Å². The van der Waals surface area contributed by atoms with Crippen LogP contribution in [0.25, 0.3) is 0 Å². The van der Waals surface area contributed by atoms with Gasteiger partial charge in [-0.15, -0.1) is 0 Å². The van der Waals surface area contributed by atoms with Crippen LogP contribution < -0.4 is 9.47 Å². The van der Waals surface area contributed by atoms with Gasteiger partial charge in [0.25, 0.3) is 0 Å². The van der Waals surface area contributed by atoms with Crippen LogP contribution >= 0.6 is 23.2 Å². The van der Waals surface area contributed by atoms with E-state index in [1.807, 2.05) is 0 Å². The van der Waals surface area contributed by atoms with Gasteiger partial charge in [0.2, 0.25) is 0 Å². The van der Waals surface area contributed by atoms with E-state index < -0.39 is 19.2 Å². The van der Waals surface area contributed by atoms with E-state index >= 15 is 0 Å². The molecular formula is C19H16Cl2F4O5. The molecule has 0 saturated carbocycles. The van der Waals surface area contributed by atoms with Crippen LogP contribution in [0, 0.1) is 0 Å². The lowest BCUT2D eigenvalue weighted by Gasteiger charge is -2.07. The maximum Gasteiger partial charge on any atom is 0.387 e. The molecule has 0 aromatic heterocycles. The maximum atomic E-state index is 12.0. The van der Waals surface area contributed by atoms with Crippen LogP contribution in [0.5, 0.6) is 11.5 Å². The number of hydrogen-bond donors (Lipinski definition) is 0. The van der Waals surface area contributed by atoms with Gasteiger partial charge in [0.15, 0.2) is 5.78 Å². The molecule has 0 saturated heterocycles. The number of alkyl halides is 4. The Morgan fingerprint density at radius 1 is 0.867 bits per heavy atom. The van der Waals surface area contributed by atoms with Gasteiger partial charge >= 0.3 is 19.2 Å². The molecule has 164 valence electrons. The highest BCUT2D eigenvalue weighted by atomic mass is 35.5. The third kappa shape index (κ3) is 9.80. The summed E-state index contributed by atoms with van der Waals surface area (Å²) in [6, 6.07) is 7.88. The number of carbonyl (C=O) groups excluding carboxylic acids is 2. The minimum absolute atomic E-state index is 0.0450. The summed E-state index contributed by atoms with van der Waals surface area (Å²) < 4.78 is 60.3. The van der Waals surface area contributed by atoms with E-state index in [-0.39, 0.29) is 39.3 Å². The van der Waals surface area contributed by atoms with Gasteiger partial charge in [-0.1, -0.05) is 23.2 Å². The van der Waals surface area contributed by atoms with Gasteiger partial charge in [-0.3, -0.25) is 9.59 Å². The van der Waals surface area contributed by atoms with E-state index in [1.54, 1.807) is 0 Å². The summed E-state index contributed by atoms with van der Waals surface area (Å²) in [5.74, 6) is -0.934. The number of esters is 1. The number of ether oxygens (including phenoxy) is 3. The highest BCUT2D eigenvalue weighted by Gasteiger charge is 2.10. The molecule has 0 fully saturated rings. The summed E-state index contributed by atoms with van der Waals surface area (Å²) in [7, 11) is 1.24. The van der Waals surface area contributed by atoms with Crippen molar-refractivity contribution in [3.05, 3.63) is 57.6 Å². The average molecular weight is 471 g/mol. The number of halogens is 6. The maximum absolute atomic E-state index is 12.0. The number of benzene rings is 2. The first-order chi connectivity index (χ1) is 14.0. The molecule has 0 radical (unpaired) electrons. The van der Waals surface area contributed by atoms with Crippen LogP contribution in [0.2, 0.25) is 10.0 Å². The standard InChI is InChI=1S/C10H9ClF2O3.C9H7ClF2O2/c1-15-9(14)4-6-2-7(11)5-8(3-6)16-10(12)13;1-5(13)6-2-7(10)4-8(3-6)14-9(11)12/h2-3,5,10H,4H2,1H3;2-4,9H,1H3. The molecular weight excluding hydrogens is 455 g/mol. The second-order valence-corrected chi connectivity index (χ2v) is 6.41. The Bertz CT molecular complexity index is 878. The Morgan fingerprint density at radius 2 is 1.37 bits per heavy atom. The molecule has 0 aliphatic rings. The predicted molar refractivity (Wildman–Crippen MR) is 102 cm³/mol. The normalized spacial score (nSPS) is 10.3. The van der Waals surface area contributed by atoms with Gasteiger partial charge < -0.3 is 14.2 Å². The third-order valence-electron chi connectivity index (χ3n) is 3.24. The van der Waals surface area contributed by atoms with E-state index in [9.17, 15) is 27.2 Å². The second kappa shape index (κ2) is 12.2. The van der Waals surface area contributed by atoms with Crippen molar-refractivity contribution in [2.45, 2.75) is 26.6 Å². The number of carbonyl (C=O) groups is 2. The van der Waals surface area contributed by atoms with Crippen molar-refractivity contribution >= 4 is 35.0 Å². The van der Waals surface area contributed by atoms with Crippen LogP contribution in [0.4, 0.5) is 17.6 Å². The molecule has 0 N–H and O–H groups in total. The lowest BCUT2D eigenvalue weighted by molar-refractivity contribution is -0.139. The minimum atomic E-state index is -2.93. The minimum Gasteiger partial charge on any atom is -0.469 e. The van der Waals surface area contributed by atoms with Crippen molar-refractivity contribution in [3.63, 3.8) is 0 Å². The van der Waals surface area contributed by atoms with Crippen molar-refractivity contribution in [2.24, 2.45) is 0 Å². The average Bonchev–Trinajstić information content (AvgIpc) is 2.59. The molecule has 0 atom stereocenters. The Kier molecular flexibility index (Phi) is 10.4. The summed E-state index contributed by atoms with van der Waals surface area (Å²) in [5.41, 5.74) is 0.697. The molecule has 0 amide bonds. The number of methoxy groups -OCH3 is 1. The summed E-state index contributed by atoms with van der Waals surface area (Å²) in [5, 5.41) is 0.408. The van der Waals surface area contributed by atoms with E-state index in [2.05, 4.69) is 14.2 Å². The third-order valence-corrected chi connectivity index (χ3v) is 3.67. The number of rotatable bonds is 7. The summed E-state index contributed by atoms with van der Waals surface area (Å²) in [4.78, 5) is 21.9. The zero-order valence-electron chi connectivity index (χ0n) is 15.6. The second-order valence-electron chi connectivity index (χ2n) is 5.54. The Balaban J connectivity index is 0.000000303. The van der Waals surface area contributed by atoms with Gasteiger partial charge in [0, 0.05) is 15.6 Å². The van der Waals surface area contributed by atoms with Crippen molar-refractivity contribution in [1.29, 1.82) is 0 Å². The quantitative estimate of drug-likeness (QED) is 0.290. The first kappa shape index (κ1) is 25.5. The number of hydrogen-bond acceptors (Lipinski definition) is 5. The predicted octanol–water partition coefficient (Wildman–Crippen LogP) is 5.80. The van der Waals surface area contributed by atoms with E-state index in [1.165, 1.54) is 50.4 Å². The fraction of sp³-hybridized carbons (Fsp3) is 0.263. The Hall–Kier alpha value is -2.52. The summed E-state index contributed by atoms with van der Waals surface area (Å²) in [6.45, 7) is -4.53. The molecule has 5 nitrogen and oxygen atoms in total. The molecule has 0 bridgehead atoms. The zero-order valence-corrected chi connectivity index (χ0v) is 17.1. The van der Waals surface area contributed by atoms with Crippen LogP contribution in [-0.2, 0) is 16.0 Å². The van der Waals surface area contributed by atoms with Gasteiger partial charge in [-0.25, -0.2) is 0 Å². The molecule has 0 aliphatic carbocycles. The first-order valence-electron chi connectivity index (χ1n) is 8.07. The molecule has 2 rings (SSSR count). The van der Waals surface area contributed by atoms with E-state index in [4.69, 9.17) is 23.2 Å². The molecule has 11 heteroatoms. The highest BCUT2D eigenvalue weighted by molar-refractivity contribution is 6.31. The first-order valence-corrected chi connectivity index (χ1v) is 8.83. The smallest absolute Gasteiger partial charge is 0.387 e. The molecule has 2 aromatic carbocycles. The summed E-state index contributed by atoms with van der Waals surface area (Å²) in [6.07, 6.45) is -0.0450. The zero-order chi connectivity index (χ0) is 22.8. The Labute approximate surface area is 179 Å². The van der Waals surface area contributed by atoms with Gasteiger partial charge in [-0.05, 0) is 48.9 Å². The Morgan fingerprint density at radius 3 is 1.83 bits per heavy atom. The van der Waals surface area contributed by atoms with Crippen LogP contribution in [-0.4, -0.2) is 32.1 Å². The lowest BCUT2D eigenvalue weighted by atomic mass is 10.1. The van der Waals surface area contributed by atoms with Crippen molar-refractivity contribution in [2.75, 3.05) is 7.11 Å².